The molecule has 1 atom stereocenters. The largest absolute Gasteiger partial charge is 0.327 e. The van der Waals surface area contributed by atoms with Crippen molar-refractivity contribution in [3.63, 3.8) is 0 Å². The predicted molar refractivity (Wildman–Crippen MR) is 66.0 cm³/mol. The molecule has 1 unspecified atom stereocenters. The lowest BCUT2D eigenvalue weighted by atomic mass is 9.85. The molecule has 0 amide bonds. The van der Waals surface area contributed by atoms with Gasteiger partial charge in [0.2, 0.25) is 0 Å². The number of nitrogens with zero attached hydrogens (tertiary/aromatic N) is 2. The van der Waals surface area contributed by atoms with Gasteiger partial charge in [-0.2, -0.15) is 0 Å². The SMILES string of the molecule is CC(N)C(C)(C)CN1CCCN(C)CC1. The van der Waals surface area contributed by atoms with Crippen LogP contribution in [0, 0.1) is 5.41 Å². The summed E-state index contributed by atoms with van der Waals surface area (Å²) in [7, 11) is 2.21. The first kappa shape index (κ1) is 12.9. The minimum Gasteiger partial charge on any atom is -0.327 e. The fraction of sp³-hybridized carbons (Fsp3) is 1.00. The molecule has 1 rings (SSSR count). The highest BCUT2D eigenvalue weighted by Crippen LogP contribution is 2.21. The van der Waals surface area contributed by atoms with Crippen molar-refractivity contribution in [1.29, 1.82) is 0 Å². The van der Waals surface area contributed by atoms with Crippen LogP contribution in [0.2, 0.25) is 0 Å². The van der Waals surface area contributed by atoms with Gasteiger partial charge in [-0.15, -0.1) is 0 Å². The molecule has 90 valence electrons. The molecular formula is C12H27N3. The summed E-state index contributed by atoms with van der Waals surface area (Å²) >= 11 is 0. The Balaban J connectivity index is 2.44. The Labute approximate surface area is 94.6 Å². The summed E-state index contributed by atoms with van der Waals surface area (Å²) in [5.74, 6) is 0. The second-order valence-corrected chi connectivity index (χ2v) is 5.71. The van der Waals surface area contributed by atoms with E-state index in [1.54, 1.807) is 0 Å². The summed E-state index contributed by atoms with van der Waals surface area (Å²) in [6.45, 7) is 12.6. The average Bonchev–Trinajstić information content (AvgIpc) is 2.30. The van der Waals surface area contributed by atoms with Crippen molar-refractivity contribution < 1.29 is 0 Å². The fourth-order valence-corrected chi connectivity index (χ4v) is 1.98. The maximum absolute atomic E-state index is 6.02. The molecule has 0 aromatic carbocycles. The zero-order valence-electron chi connectivity index (χ0n) is 10.8. The first-order valence-corrected chi connectivity index (χ1v) is 6.08. The lowest BCUT2D eigenvalue weighted by molar-refractivity contribution is 0.161. The molecule has 3 nitrogen and oxygen atoms in total. The molecule has 0 aromatic heterocycles. The Morgan fingerprint density at radius 2 is 1.87 bits per heavy atom. The molecule has 0 spiro atoms. The van der Waals surface area contributed by atoms with Gasteiger partial charge in [-0.05, 0) is 38.9 Å². The van der Waals surface area contributed by atoms with Crippen LogP contribution in [-0.2, 0) is 0 Å². The fourth-order valence-electron chi connectivity index (χ4n) is 1.98. The van der Waals surface area contributed by atoms with Gasteiger partial charge in [-0.25, -0.2) is 0 Å². The lowest BCUT2D eigenvalue weighted by Crippen LogP contribution is -2.45. The second kappa shape index (κ2) is 5.28. The van der Waals surface area contributed by atoms with E-state index in [1.165, 1.54) is 32.6 Å². The molecule has 0 aromatic rings. The van der Waals surface area contributed by atoms with Gasteiger partial charge in [0.1, 0.15) is 0 Å². The van der Waals surface area contributed by atoms with E-state index in [0.29, 0.717) is 0 Å². The van der Waals surface area contributed by atoms with Crippen LogP contribution in [0.4, 0.5) is 0 Å². The van der Waals surface area contributed by atoms with Gasteiger partial charge in [0.25, 0.3) is 0 Å². The van der Waals surface area contributed by atoms with Crippen LogP contribution >= 0.6 is 0 Å². The molecule has 0 aliphatic carbocycles. The van der Waals surface area contributed by atoms with E-state index in [2.05, 4.69) is 37.6 Å². The molecule has 0 saturated carbocycles. The summed E-state index contributed by atoms with van der Waals surface area (Å²) < 4.78 is 0. The van der Waals surface area contributed by atoms with E-state index < -0.39 is 0 Å². The predicted octanol–water partition coefficient (Wildman–Crippen LogP) is 0.997. The molecular weight excluding hydrogens is 186 g/mol. The first-order chi connectivity index (χ1) is 6.92. The minimum absolute atomic E-state index is 0.225. The molecule has 1 fully saturated rings. The molecule has 1 saturated heterocycles. The van der Waals surface area contributed by atoms with Crippen LogP contribution in [0.3, 0.4) is 0 Å². The van der Waals surface area contributed by atoms with Crippen molar-refractivity contribution in [2.45, 2.75) is 33.2 Å². The lowest BCUT2D eigenvalue weighted by Gasteiger charge is -2.35. The molecule has 1 aliphatic rings. The van der Waals surface area contributed by atoms with Gasteiger partial charge in [0.05, 0.1) is 0 Å². The zero-order chi connectivity index (χ0) is 11.5. The quantitative estimate of drug-likeness (QED) is 0.759. The molecule has 0 bridgehead atoms. The van der Waals surface area contributed by atoms with Crippen LogP contribution in [0.15, 0.2) is 0 Å². The van der Waals surface area contributed by atoms with Crippen LogP contribution in [-0.4, -0.2) is 55.6 Å². The second-order valence-electron chi connectivity index (χ2n) is 5.71. The van der Waals surface area contributed by atoms with Gasteiger partial charge in [-0.3, -0.25) is 0 Å². The summed E-state index contributed by atoms with van der Waals surface area (Å²) in [5, 5.41) is 0. The topological polar surface area (TPSA) is 32.5 Å². The molecule has 1 aliphatic heterocycles. The van der Waals surface area contributed by atoms with Crippen molar-refractivity contribution in [3.8, 4) is 0 Å². The van der Waals surface area contributed by atoms with Crippen molar-refractivity contribution in [2.24, 2.45) is 11.1 Å². The molecule has 15 heavy (non-hydrogen) atoms. The van der Waals surface area contributed by atoms with Gasteiger partial charge in [-0.1, -0.05) is 13.8 Å². The van der Waals surface area contributed by atoms with E-state index in [1.807, 2.05) is 0 Å². The highest BCUT2D eigenvalue weighted by atomic mass is 15.2. The van der Waals surface area contributed by atoms with E-state index in [0.717, 1.165) is 6.54 Å². The summed E-state index contributed by atoms with van der Waals surface area (Å²) in [6.07, 6.45) is 1.28. The number of hydrogen-bond acceptors (Lipinski definition) is 3. The van der Waals surface area contributed by atoms with Gasteiger partial charge >= 0.3 is 0 Å². The highest BCUT2D eigenvalue weighted by Gasteiger charge is 2.26. The number of nitrogens with two attached hydrogens (primary N) is 1. The smallest absolute Gasteiger partial charge is 0.0109 e. The van der Waals surface area contributed by atoms with Crippen molar-refractivity contribution in [2.75, 3.05) is 39.8 Å². The van der Waals surface area contributed by atoms with Gasteiger partial charge in [0, 0.05) is 25.7 Å². The van der Waals surface area contributed by atoms with Crippen LogP contribution in [0.1, 0.15) is 27.2 Å². The third-order valence-electron chi connectivity index (χ3n) is 3.68. The summed E-state index contributed by atoms with van der Waals surface area (Å²) in [6, 6.07) is 0.262. The van der Waals surface area contributed by atoms with Crippen LogP contribution in [0.5, 0.6) is 0 Å². The Morgan fingerprint density at radius 1 is 1.20 bits per heavy atom. The van der Waals surface area contributed by atoms with Crippen molar-refractivity contribution >= 4 is 0 Å². The maximum atomic E-state index is 6.02. The van der Waals surface area contributed by atoms with Crippen molar-refractivity contribution in [3.05, 3.63) is 0 Å². The van der Waals surface area contributed by atoms with E-state index in [9.17, 15) is 0 Å². The van der Waals surface area contributed by atoms with Gasteiger partial charge < -0.3 is 15.5 Å². The summed E-state index contributed by atoms with van der Waals surface area (Å²) in [5.41, 5.74) is 6.24. The Morgan fingerprint density at radius 3 is 2.47 bits per heavy atom. The Bertz CT molecular complexity index is 189. The third kappa shape index (κ3) is 4.09. The number of rotatable bonds is 3. The van der Waals surface area contributed by atoms with Crippen molar-refractivity contribution in [1.82, 2.24) is 9.80 Å². The number of likely N-dealkylation sites (N-methyl/N-ethyl adjacent to an activating group) is 1. The third-order valence-corrected chi connectivity index (χ3v) is 3.68. The average molecular weight is 213 g/mol. The van der Waals surface area contributed by atoms with Gasteiger partial charge in [0.15, 0.2) is 0 Å². The Kier molecular flexibility index (Phi) is 4.56. The number of hydrogen-bond donors (Lipinski definition) is 1. The minimum atomic E-state index is 0.225. The van der Waals surface area contributed by atoms with E-state index in [4.69, 9.17) is 5.73 Å². The molecule has 3 heteroatoms. The van der Waals surface area contributed by atoms with E-state index >= 15 is 0 Å². The molecule has 2 N–H and O–H groups in total. The normalized spacial score (nSPS) is 23.8. The zero-order valence-corrected chi connectivity index (χ0v) is 10.8. The summed E-state index contributed by atoms with van der Waals surface area (Å²) in [4.78, 5) is 4.98. The monoisotopic (exact) mass is 213 g/mol. The van der Waals surface area contributed by atoms with E-state index in [-0.39, 0.29) is 11.5 Å². The van der Waals surface area contributed by atoms with Crippen LogP contribution in [0.25, 0.3) is 0 Å². The first-order valence-electron chi connectivity index (χ1n) is 6.08. The van der Waals surface area contributed by atoms with Crippen LogP contribution < -0.4 is 5.73 Å². The highest BCUT2D eigenvalue weighted by molar-refractivity contribution is 4.82. The standard InChI is InChI=1S/C12H27N3/c1-11(13)12(2,3)10-15-7-5-6-14(4)8-9-15/h11H,5-10,13H2,1-4H3. The molecule has 0 radical (unpaired) electrons. The maximum Gasteiger partial charge on any atom is 0.0109 e. The molecule has 1 heterocycles. The Hall–Kier alpha value is -0.120.